The zero-order valence-corrected chi connectivity index (χ0v) is 11.9. The molecule has 22 heavy (non-hydrogen) atoms. The van der Waals surface area contributed by atoms with Crippen molar-refractivity contribution in [1.82, 2.24) is 0 Å². The molecule has 1 saturated carbocycles. The molecule has 1 aromatic rings. The largest absolute Gasteiger partial charge is 0.497 e. The number of rotatable bonds is 3. The van der Waals surface area contributed by atoms with E-state index in [1.165, 1.54) is 13.2 Å². The van der Waals surface area contributed by atoms with Crippen LogP contribution in [0.1, 0.15) is 24.8 Å². The monoisotopic (exact) mass is 312 g/mol. The topological polar surface area (TPSA) is 43.4 Å². The molecule has 0 aliphatic heterocycles. The Morgan fingerprint density at radius 2 is 1.91 bits per heavy atom. The van der Waals surface area contributed by atoms with Crippen molar-refractivity contribution in [2.24, 2.45) is 5.92 Å². The smallest absolute Gasteiger partial charge is 0.450 e. The molecule has 0 N–H and O–H groups in total. The third-order valence-electron chi connectivity index (χ3n) is 3.62. The highest BCUT2D eigenvalue weighted by Crippen LogP contribution is 2.32. The summed E-state index contributed by atoms with van der Waals surface area (Å²) in [6, 6.07) is 6.79. The number of ketones is 2. The maximum atomic E-state index is 12.5. The molecule has 0 radical (unpaired) electrons. The molecule has 0 saturated heterocycles. The minimum absolute atomic E-state index is 0.0445. The number of benzene rings is 1. The third-order valence-corrected chi connectivity index (χ3v) is 3.62. The van der Waals surface area contributed by atoms with E-state index in [4.69, 9.17) is 4.74 Å². The van der Waals surface area contributed by atoms with Gasteiger partial charge in [-0.2, -0.15) is 13.2 Å². The van der Waals surface area contributed by atoms with Crippen LogP contribution in [0.5, 0.6) is 5.75 Å². The molecule has 0 aromatic heterocycles. The molecule has 118 valence electrons. The zero-order chi connectivity index (χ0) is 16.3. The van der Waals surface area contributed by atoms with Gasteiger partial charge in [-0.05, 0) is 48.6 Å². The molecule has 1 aromatic carbocycles. The summed E-state index contributed by atoms with van der Waals surface area (Å²) in [5.74, 6) is -3.62. The van der Waals surface area contributed by atoms with Crippen LogP contribution in [-0.2, 0) is 9.59 Å². The number of hydrogen-bond acceptors (Lipinski definition) is 3. The van der Waals surface area contributed by atoms with Gasteiger partial charge in [-0.1, -0.05) is 12.1 Å². The predicted molar refractivity (Wildman–Crippen MR) is 74.4 cm³/mol. The van der Waals surface area contributed by atoms with Gasteiger partial charge < -0.3 is 4.74 Å². The second-order valence-electron chi connectivity index (χ2n) is 5.11. The lowest BCUT2D eigenvalue weighted by atomic mass is 9.81. The molecule has 1 aliphatic carbocycles. The van der Waals surface area contributed by atoms with E-state index in [1.807, 2.05) is 0 Å². The van der Waals surface area contributed by atoms with Gasteiger partial charge >= 0.3 is 6.18 Å². The van der Waals surface area contributed by atoms with Crippen LogP contribution in [0.25, 0.3) is 6.08 Å². The number of carbonyl (C=O) groups excluding carboxylic acids is 2. The highest BCUT2D eigenvalue weighted by molar-refractivity contribution is 6.14. The first kappa shape index (κ1) is 16.3. The Bertz CT molecular complexity index is 600. The van der Waals surface area contributed by atoms with E-state index in [9.17, 15) is 22.8 Å². The lowest BCUT2D eigenvalue weighted by Crippen LogP contribution is -2.37. The van der Waals surface area contributed by atoms with E-state index in [-0.39, 0.29) is 12.0 Å². The zero-order valence-electron chi connectivity index (χ0n) is 11.9. The minimum atomic E-state index is -4.97. The molecule has 3 nitrogen and oxygen atoms in total. The Balaban J connectivity index is 2.22. The lowest BCUT2D eigenvalue weighted by molar-refractivity contribution is -0.176. The first-order valence-corrected chi connectivity index (χ1v) is 6.83. The summed E-state index contributed by atoms with van der Waals surface area (Å²) in [5.41, 5.74) is 0.947. The van der Waals surface area contributed by atoms with Gasteiger partial charge in [-0.25, -0.2) is 0 Å². The first-order chi connectivity index (χ1) is 10.3. The molecule has 1 fully saturated rings. The molecular weight excluding hydrogens is 297 g/mol. The maximum Gasteiger partial charge on any atom is 0.450 e. The Labute approximate surface area is 125 Å². The lowest BCUT2D eigenvalue weighted by Gasteiger charge is -2.22. The van der Waals surface area contributed by atoms with Crippen LogP contribution in [0.3, 0.4) is 0 Å². The number of carbonyl (C=O) groups is 2. The van der Waals surface area contributed by atoms with Crippen LogP contribution in [0.15, 0.2) is 29.8 Å². The SMILES string of the molecule is COc1ccc(C=C2CCCC(C(=O)C(F)(F)F)C2=O)cc1. The second kappa shape index (κ2) is 6.34. The average Bonchev–Trinajstić information content (AvgIpc) is 2.48. The Hall–Kier alpha value is -2.11. The van der Waals surface area contributed by atoms with Gasteiger partial charge in [-0.15, -0.1) is 0 Å². The molecule has 1 aliphatic rings. The molecule has 1 unspecified atom stereocenters. The molecule has 0 bridgehead atoms. The number of methoxy groups -OCH3 is 1. The van der Waals surface area contributed by atoms with Crippen LogP contribution in [0, 0.1) is 5.92 Å². The average molecular weight is 312 g/mol. The second-order valence-corrected chi connectivity index (χ2v) is 5.11. The van der Waals surface area contributed by atoms with Crippen molar-refractivity contribution in [2.75, 3.05) is 7.11 Å². The summed E-state index contributed by atoms with van der Waals surface area (Å²) in [4.78, 5) is 23.4. The Morgan fingerprint density at radius 1 is 1.27 bits per heavy atom. The van der Waals surface area contributed by atoms with Crippen molar-refractivity contribution in [2.45, 2.75) is 25.4 Å². The number of allylic oxidation sites excluding steroid dienone is 1. The molecule has 1 atom stereocenters. The number of hydrogen-bond donors (Lipinski definition) is 0. The maximum absolute atomic E-state index is 12.5. The van der Waals surface area contributed by atoms with E-state index in [1.54, 1.807) is 24.3 Å². The molecule has 6 heteroatoms. The van der Waals surface area contributed by atoms with Crippen molar-refractivity contribution >= 4 is 17.6 Å². The van der Waals surface area contributed by atoms with Gasteiger partial charge in [0.1, 0.15) is 5.75 Å². The summed E-state index contributed by atoms with van der Waals surface area (Å²) in [6.07, 6.45) is -2.70. The molecule has 0 spiro atoms. The van der Waals surface area contributed by atoms with Gasteiger partial charge in [0, 0.05) is 0 Å². The number of ether oxygens (including phenoxy) is 1. The molecule has 0 heterocycles. The minimum Gasteiger partial charge on any atom is -0.497 e. The third kappa shape index (κ3) is 3.55. The quantitative estimate of drug-likeness (QED) is 0.633. The summed E-state index contributed by atoms with van der Waals surface area (Å²) in [5, 5.41) is 0. The van der Waals surface area contributed by atoms with Crippen molar-refractivity contribution < 1.29 is 27.5 Å². The fourth-order valence-corrected chi connectivity index (χ4v) is 2.47. The van der Waals surface area contributed by atoms with E-state index < -0.39 is 23.7 Å². The fraction of sp³-hybridized carbons (Fsp3) is 0.375. The number of halogens is 3. The number of Topliss-reactive ketones (excluding diaryl/α,β-unsaturated/α-hetero) is 2. The van der Waals surface area contributed by atoms with Gasteiger partial charge in [0.15, 0.2) is 5.78 Å². The predicted octanol–water partition coefficient (Wildman–Crippen LogP) is 3.58. The van der Waals surface area contributed by atoms with Crippen LogP contribution in [0.4, 0.5) is 13.2 Å². The van der Waals surface area contributed by atoms with Crippen molar-refractivity contribution in [1.29, 1.82) is 0 Å². The van der Waals surface area contributed by atoms with Crippen LogP contribution >= 0.6 is 0 Å². The van der Waals surface area contributed by atoms with E-state index in [0.29, 0.717) is 24.2 Å². The summed E-state index contributed by atoms with van der Waals surface area (Å²) >= 11 is 0. The van der Waals surface area contributed by atoms with Crippen molar-refractivity contribution in [3.8, 4) is 5.75 Å². The van der Waals surface area contributed by atoms with Gasteiger partial charge in [0.05, 0.1) is 13.0 Å². The van der Waals surface area contributed by atoms with Crippen LogP contribution in [-0.4, -0.2) is 24.9 Å². The van der Waals surface area contributed by atoms with Crippen LogP contribution < -0.4 is 4.74 Å². The molecule has 2 rings (SSSR count). The standard InChI is InChI=1S/C16H15F3O3/c1-22-12-7-5-10(6-8-12)9-11-3-2-4-13(14(11)20)15(21)16(17,18)19/h5-9,13H,2-4H2,1H3. The summed E-state index contributed by atoms with van der Waals surface area (Å²) < 4.78 is 42.5. The summed E-state index contributed by atoms with van der Waals surface area (Å²) in [7, 11) is 1.52. The molecular formula is C16H15F3O3. The molecule has 0 amide bonds. The van der Waals surface area contributed by atoms with Gasteiger partial charge in [0.25, 0.3) is 0 Å². The first-order valence-electron chi connectivity index (χ1n) is 6.83. The van der Waals surface area contributed by atoms with Crippen molar-refractivity contribution in [3.63, 3.8) is 0 Å². The summed E-state index contributed by atoms with van der Waals surface area (Å²) in [6.45, 7) is 0. The fourth-order valence-electron chi connectivity index (χ4n) is 2.47. The van der Waals surface area contributed by atoms with Crippen molar-refractivity contribution in [3.05, 3.63) is 35.4 Å². The number of alkyl halides is 3. The van der Waals surface area contributed by atoms with E-state index in [0.717, 1.165) is 0 Å². The van der Waals surface area contributed by atoms with Gasteiger partial charge in [0.2, 0.25) is 5.78 Å². The van der Waals surface area contributed by atoms with E-state index in [2.05, 4.69) is 0 Å². The Kier molecular flexibility index (Phi) is 4.68. The Morgan fingerprint density at radius 3 is 2.45 bits per heavy atom. The highest BCUT2D eigenvalue weighted by atomic mass is 19.4. The van der Waals surface area contributed by atoms with Crippen LogP contribution in [0.2, 0.25) is 0 Å². The van der Waals surface area contributed by atoms with E-state index >= 15 is 0 Å². The normalized spacial score (nSPS) is 21.0. The highest BCUT2D eigenvalue weighted by Gasteiger charge is 2.47. The van der Waals surface area contributed by atoms with Gasteiger partial charge in [-0.3, -0.25) is 9.59 Å².